The Morgan fingerprint density at radius 1 is 0.850 bits per heavy atom. The van der Waals surface area contributed by atoms with E-state index in [-0.39, 0.29) is 11.8 Å². The third-order valence-electron chi connectivity index (χ3n) is 3.51. The summed E-state index contributed by atoms with van der Waals surface area (Å²) in [6, 6.07) is 15.2. The summed E-state index contributed by atoms with van der Waals surface area (Å²) in [5, 5.41) is 21.6. The van der Waals surface area contributed by atoms with E-state index in [9.17, 15) is 14.6 Å². The molecule has 0 aliphatic rings. The molecule has 0 radical (unpaired) electrons. The minimum Gasteiger partial charge on any atom is -0.494 e. The lowest BCUT2D eigenvalue weighted by atomic mass is 10.1. The number of alkyl halides is 1. The molecular weight excluding hydrogens is 257 g/mol. The maximum atomic E-state index is 13.5. The molecule has 0 saturated carbocycles. The Balaban J connectivity index is 2.23. The molecule has 3 rings (SSSR count). The molecule has 2 N–H and O–H groups in total. The Bertz CT molecular complexity index is 698. The van der Waals surface area contributed by atoms with Gasteiger partial charge in [-0.25, -0.2) is 4.39 Å². The SMILES string of the molecule is Oc1c2ccccc2c(O)n1C(CF)c1ccccc1. The van der Waals surface area contributed by atoms with Crippen molar-refractivity contribution in [2.24, 2.45) is 0 Å². The van der Waals surface area contributed by atoms with E-state index in [1.807, 2.05) is 6.07 Å². The average molecular weight is 271 g/mol. The molecule has 3 aromatic rings. The second-order valence-electron chi connectivity index (χ2n) is 4.64. The van der Waals surface area contributed by atoms with Crippen molar-refractivity contribution < 1.29 is 14.6 Å². The van der Waals surface area contributed by atoms with E-state index >= 15 is 0 Å². The number of halogens is 1. The zero-order valence-corrected chi connectivity index (χ0v) is 10.7. The van der Waals surface area contributed by atoms with Crippen molar-refractivity contribution in [3.63, 3.8) is 0 Å². The monoisotopic (exact) mass is 271 g/mol. The van der Waals surface area contributed by atoms with Crippen molar-refractivity contribution in [3.8, 4) is 11.8 Å². The van der Waals surface area contributed by atoms with Gasteiger partial charge in [-0.3, -0.25) is 4.57 Å². The zero-order chi connectivity index (χ0) is 14.1. The fraction of sp³-hybridized carbons (Fsp3) is 0.125. The van der Waals surface area contributed by atoms with Gasteiger partial charge in [-0.15, -0.1) is 0 Å². The number of benzene rings is 2. The maximum Gasteiger partial charge on any atom is 0.202 e. The van der Waals surface area contributed by atoms with E-state index in [1.165, 1.54) is 4.57 Å². The first-order chi connectivity index (χ1) is 9.74. The fourth-order valence-corrected chi connectivity index (χ4v) is 2.51. The number of rotatable bonds is 3. The molecule has 0 amide bonds. The lowest BCUT2D eigenvalue weighted by Gasteiger charge is -2.17. The molecule has 1 atom stereocenters. The highest BCUT2D eigenvalue weighted by Gasteiger charge is 2.23. The smallest absolute Gasteiger partial charge is 0.202 e. The van der Waals surface area contributed by atoms with Crippen molar-refractivity contribution in [2.75, 3.05) is 6.67 Å². The van der Waals surface area contributed by atoms with Crippen molar-refractivity contribution in [2.45, 2.75) is 6.04 Å². The lowest BCUT2D eigenvalue weighted by molar-refractivity contribution is 0.316. The summed E-state index contributed by atoms with van der Waals surface area (Å²) < 4.78 is 14.7. The van der Waals surface area contributed by atoms with Gasteiger partial charge in [0.05, 0.1) is 6.04 Å². The number of hydrogen-bond acceptors (Lipinski definition) is 2. The van der Waals surface area contributed by atoms with Gasteiger partial charge < -0.3 is 10.2 Å². The number of nitrogens with zero attached hydrogens (tertiary/aromatic N) is 1. The Morgan fingerprint density at radius 2 is 1.35 bits per heavy atom. The van der Waals surface area contributed by atoms with Crippen LogP contribution in [0.2, 0.25) is 0 Å². The van der Waals surface area contributed by atoms with E-state index < -0.39 is 12.7 Å². The van der Waals surface area contributed by atoms with E-state index in [2.05, 4.69) is 0 Å². The molecule has 2 aromatic carbocycles. The molecule has 1 aromatic heterocycles. The summed E-state index contributed by atoms with van der Waals surface area (Å²) >= 11 is 0. The van der Waals surface area contributed by atoms with Gasteiger partial charge >= 0.3 is 0 Å². The predicted octanol–water partition coefficient (Wildman–Crippen LogP) is 3.61. The molecular formula is C16H14FNO2. The van der Waals surface area contributed by atoms with Crippen molar-refractivity contribution in [1.29, 1.82) is 0 Å². The third kappa shape index (κ3) is 1.81. The summed E-state index contributed by atoms with van der Waals surface area (Å²) in [4.78, 5) is 0. The highest BCUT2D eigenvalue weighted by molar-refractivity contribution is 5.93. The minimum absolute atomic E-state index is 0.121. The first kappa shape index (κ1) is 12.5. The zero-order valence-electron chi connectivity index (χ0n) is 10.7. The van der Waals surface area contributed by atoms with Crippen LogP contribution in [0.3, 0.4) is 0 Å². The fourth-order valence-electron chi connectivity index (χ4n) is 2.51. The molecule has 0 fully saturated rings. The first-order valence-corrected chi connectivity index (χ1v) is 6.35. The Labute approximate surface area is 115 Å². The van der Waals surface area contributed by atoms with Gasteiger partial charge in [0.15, 0.2) is 0 Å². The Kier molecular flexibility index (Phi) is 3.06. The predicted molar refractivity (Wildman–Crippen MR) is 75.8 cm³/mol. The third-order valence-corrected chi connectivity index (χ3v) is 3.51. The van der Waals surface area contributed by atoms with E-state index in [0.29, 0.717) is 16.3 Å². The number of hydrogen-bond donors (Lipinski definition) is 2. The number of aromatic nitrogens is 1. The van der Waals surface area contributed by atoms with Gasteiger partial charge in [-0.1, -0.05) is 42.5 Å². The van der Waals surface area contributed by atoms with Gasteiger partial charge in [0.2, 0.25) is 11.8 Å². The van der Waals surface area contributed by atoms with Gasteiger partial charge in [0.1, 0.15) is 6.67 Å². The van der Waals surface area contributed by atoms with Gasteiger partial charge in [0, 0.05) is 10.8 Å². The molecule has 0 bridgehead atoms. The van der Waals surface area contributed by atoms with Gasteiger partial charge in [-0.2, -0.15) is 0 Å². The summed E-state index contributed by atoms with van der Waals surface area (Å²) in [7, 11) is 0. The molecule has 3 nitrogen and oxygen atoms in total. The maximum absolute atomic E-state index is 13.5. The summed E-state index contributed by atoms with van der Waals surface area (Å²) in [5.74, 6) is -0.241. The first-order valence-electron chi connectivity index (χ1n) is 6.35. The van der Waals surface area contributed by atoms with Crippen molar-refractivity contribution >= 4 is 10.8 Å². The highest BCUT2D eigenvalue weighted by atomic mass is 19.1. The molecule has 102 valence electrons. The quantitative estimate of drug-likeness (QED) is 0.764. The molecule has 1 heterocycles. The van der Waals surface area contributed by atoms with Crippen LogP contribution in [0.4, 0.5) is 4.39 Å². The van der Waals surface area contributed by atoms with Crippen LogP contribution >= 0.6 is 0 Å². The Morgan fingerprint density at radius 3 is 1.85 bits per heavy atom. The van der Waals surface area contributed by atoms with Crippen LogP contribution in [0.1, 0.15) is 11.6 Å². The van der Waals surface area contributed by atoms with Crippen LogP contribution in [0.5, 0.6) is 11.8 Å². The molecule has 0 aliphatic carbocycles. The van der Waals surface area contributed by atoms with E-state index in [1.54, 1.807) is 48.5 Å². The normalized spacial score (nSPS) is 12.7. The molecule has 1 unspecified atom stereocenters. The van der Waals surface area contributed by atoms with Crippen LogP contribution < -0.4 is 0 Å². The summed E-state index contributed by atoms with van der Waals surface area (Å²) in [6.07, 6.45) is 0. The number of aromatic hydroxyl groups is 2. The lowest BCUT2D eigenvalue weighted by Crippen LogP contribution is -2.11. The van der Waals surface area contributed by atoms with E-state index in [0.717, 1.165) is 0 Å². The standard InChI is InChI=1S/C16H14FNO2/c17-10-14(11-6-2-1-3-7-11)18-15(19)12-8-4-5-9-13(12)16(18)20/h1-9,14,19-20H,10H2. The van der Waals surface area contributed by atoms with Gasteiger partial charge in [-0.05, 0) is 17.7 Å². The second-order valence-corrected chi connectivity index (χ2v) is 4.64. The van der Waals surface area contributed by atoms with Crippen LogP contribution in [0.15, 0.2) is 54.6 Å². The van der Waals surface area contributed by atoms with Crippen LogP contribution in [-0.2, 0) is 0 Å². The molecule has 20 heavy (non-hydrogen) atoms. The molecule has 4 heteroatoms. The highest BCUT2D eigenvalue weighted by Crippen LogP contribution is 2.40. The van der Waals surface area contributed by atoms with Crippen LogP contribution in [0, 0.1) is 0 Å². The average Bonchev–Trinajstić information content (AvgIpc) is 2.75. The second kappa shape index (κ2) is 4.89. The van der Waals surface area contributed by atoms with Crippen molar-refractivity contribution in [3.05, 3.63) is 60.2 Å². The number of fused-ring (bicyclic) bond motifs is 1. The van der Waals surface area contributed by atoms with Crippen molar-refractivity contribution in [1.82, 2.24) is 4.57 Å². The minimum atomic E-state index is -0.747. The van der Waals surface area contributed by atoms with Crippen LogP contribution in [0.25, 0.3) is 10.8 Å². The molecule has 0 aliphatic heterocycles. The largest absolute Gasteiger partial charge is 0.494 e. The van der Waals surface area contributed by atoms with Crippen LogP contribution in [-0.4, -0.2) is 21.5 Å². The van der Waals surface area contributed by atoms with Gasteiger partial charge in [0.25, 0.3) is 0 Å². The van der Waals surface area contributed by atoms with E-state index in [4.69, 9.17) is 0 Å². The summed E-state index contributed by atoms with van der Waals surface area (Å²) in [5.41, 5.74) is 0.695. The molecule has 0 spiro atoms. The summed E-state index contributed by atoms with van der Waals surface area (Å²) in [6.45, 7) is -0.716. The Hall–Kier alpha value is -2.49. The topological polar surface area (TPSA) is 45.4 Å². The molecule has 0 saturated heterocycles.